The minimum absolute atomic E-state index is 0.0232. The number of H-pyrrole nitrogens is 1. The molecule has 1 aliphatic rings. The number of fused-ring (bicyclic) bond motifs is 2. The summed E-state index contributed by atoms with van der Waals surface area (Å²) in [6.45, 7) is 4.53. The Morgan fingerprint density at radius 2 is 2.00 bits per heavy atom. The molecule has 5 heteroatoms. The van der Waals surface area contributed by atoms with Gasteiger partial charge in [-0.25, -0.2) is 9.50 Å². The molecule has 2 aromatic heterocycles. The van der Waals surface area contributed by atoms with Crippen molar-refractivity contribution in [3.05, 3.63) is 68.8 Å². The Hall–Kier alpha value is -2.40. The van der Waals surface area contributed by atoms with Gasteiger partial charge in [-0.3, -0.25) is 9.89 Å². The zero-order valence-electron chi connectivity index (χ0n) is 12.7. The number of nitrogens with one attached hydrogen (secondary N) is 2. The Kier molecular flexibility index (Phi) is 2.90. The molecule has 1 aromatic carbocycles. The van der Waals surface area contributed by atoms with Crippen LogP contribution in [-0.4, -0.2) is 14.6 Å². The van der Waals surface area contributed by atoms with Crippen LogP contribution in [0.5, 0.6) is 0 Å². The van der Waals surface area contributed by atoms with Crippen molar-refractivity contribution in [3.63, 3.8) is 0 Å². The van der Waals surface area contributed by atoms with E-state index in [1.54, 1.807) is 4.52 Å². The first-order chi connectivity index (χ1) is 10.6. The molecule has 4 rings (SSSR count). The van der Waals surface area contributed by atoms with Crippen molar-refractivity contribution in [1.82, 2.24) is 19.9 Å². The number of hydrogen-bond acceptors (Lipinski definition) is 3. The van der Waals surface area contributed by atoms with E-state index in [-0.39, 0.29) is 11.6 Å². The Morgan fingerprint density at radius 3 is 2.82 bits per heavy atom. The first kappa shape index (κ1) is 13.3. The van der Waals surface area contributed by atoms with Crippen LogP contribution in [0.3, 0.4) is 0 Å². The van der Waals surface area contributed by atoms with Crippen molar-refractivity contribution in [3.8, 4) is 0 Å². The van der Waals surface area contributed by atoms with Crippen LogP contribution in [0.15, 0.2) is 35.1 Å². The van der Waals surface area contributed by atoms with Gasteiger partial charge in [-0.1, -0.05) is 24.3 Å². The lowest BCUT2D eigenvalue weighted by molar-refractivity contribution is 0.485. The maximum absolute atomic E-state index is 12.3. The van der Waals surface area contributed by atoms with Gasteiger partial charge < -0.3 is 5.32 Å². The Balaban J connectivity index is 1.77. The second-order valence-electron chi connectivity index (χ2n) is 5.94. The summed E-state index contributed by atoms with van der Waals surface area (Å²) in [7, 11) is 0. The summed E-state index contributed by atoms with van der Waals surface area (Å²) in [6, 6.07) is 10.6. The van der Waals surface area contributed by atoms with Gasteiger partial charge in [-0.05, 0) is 31.4 Å². The largest absolute Gasteiger partial charge is 0.304 e. The second kappa shape index (κ2) is 4.81. The molecule has 2 N–H and O–H groups in total. The number of aryl methyl sites for hydroxylation is 1. The highest BCUT2D eigenvalue weighted by Gasteiger charge is 2.21. The number of aromatic amines is 1. The highest BCUT2D eigenvalue weighted by atomic mass is 16.1. The summed E-state index contributed by atoms with van der Waals surface area (Å²) in [5.41, 5.74) is 5.84. The van der Waals surface area contributed by atoms with E-state index in [4.69, 9.17) is 0 Å². The quantitative estimate of drug-likeness (QED) is 0.722. The smallest absolute Gasteiger partial charge is 0.275 e. The number of aromatic nitrogens is 3. The maximum Gasteiger partial charge on any atom is 0.275 e. The third kappa shape index (κ3) is 1.97. The van der Waals surface area contributed by atoms with Gasteiger partial charge >= 0.3 is 0 Å². The molecule has 0 saturated heterocycles. The number of hydrogen-bond donors (Lipinski definition) is 2. The van der Waals surface area contributed by atoms with Crippen LogP contribution in [0.4, 0.5) is 0 Å². The van der Waals surface area contributed by atoms with Crippen molar-refractivity contribution >= 4 is 5.65 Å². The number of benzene rings is 1. The first-order valence-corrected chi connectivity index (χ1v) is 7.52. The van der Waals surface area contributed by atoms with Crippen LogP contribution in [0, 0.1) is 13.8 Å². The normalized spacial score (nSPS) is 17.6. The Morgan fingerprint density at radius 1 is 1.23 bits per heavy atom. The van der Waals surface area contributed by atoms with Crippen LogP contribution in [0.2, 0.25) is 0 Å². The SMILES string of the molecule is Cc1nc2cc([C@H]3Cc4ccccc4CN3)[nH]n2c(=O)c1C. The van der Waals surface area contributed by atoms with Crippen LogP contribution >= 0.6 is 0 Å². The highest BCUT2D eigenvalue weighted by molar-refractivity contribution is 5.43. The number of rotatable bonds is 1. The molecule has 3 heterocycles. The fourth-order valence-electron chi connectivity index (χ4n) is 3.09. The fourth-order valence-corrected chi connectivity index (χ4v) is 3.09. The molecule has 112 valence electrons. The van der Waals surface area contributed by atoms with Gasteiger partial charge in [0.25, 0.3) is 5.56 Å². The van der Waals surface area contributed by atoms with Gasteiger partial charge in [0.1, 0.15) is 0 Å². The summed E-state index contributed by atoms with van der Waals surface area (Å²) in [5.74, 6) is 0. The molecule has 0 radical (unpaired) electrons. The Labute approximate surface area is 128 Å². The third-order valence-electron chi connectivity index (χ3n) is 4.56. The molecule has 5 nitrogen and oxygen atoms in total. The van der Waals surface area contributed by atoms with E-state index in [0.29, 0.717) is 11.2 Å². The van der Waals surface area contributed by atoms with E-state index in [9.17, 15) is 4.79 Å². The van der Waals surface area contributed by atoms with Gasteiger partial charge in [-0.2, -0.15) is 0 Å². The van der Waals surface area contributed by atoms with Gasteiger partial charge in [0.15, 0.2) is 5.65 Å². The van der Waals surface area contributed by atoms with Crippen LogP contribution < -0.4 is 10.9 Å². The summed E-state index contributed by atoms with van der Waals surface area (Å²) in [4.78, 5) is 16.8. The fraction of sp³-hybridized carbons (Fsp3) is 0.294. The highest BCUT2D eigenvalue weighted by Crippen LogP contribution is 2.25. The van der Waals surface area contributed by atoms with Gasteiger partial charge in [0, 0.05) is 23.9 Å². The summed E-state index contributed by atoms with van der Waals surface area (Å²) >= 11 is 0. The minimum atomic E-state index is -0.0232. The zero-order valence-corrected chi connectivity index (χ0v) is 12.7. The topological polar surface area (TPSA) is 62.2 Å². The summed E-state index contributed by atoms with van der Waals surface area (Å²) < 4.78 is 1.54. The molecule has 0 spiro atoms. The predicted octanol–water partition coefficient (Wildman–Crippen LogP) is 2.03. The molecule has 1 atom stereocenters. The molecule has 0 fully saturated rings. The standard InChI is InChI=1S/C17H18N4O/c1-10-11(2)19-16-8-15(20-21(16)17(10)22)14-7-12-5-3-4-6-13(12)9-18-14/h3-6,8,14,18,20H,7,9H2,1-2H3/t14-/m1/s1. The predicted molar refractivity (Wildman–Crippen MR) is 85.0 cm³/mol. The molecule has 0 saturated carbocycles. The van der Waals surface area contributed by atoms with E-state index < -0.39 is 0 Å². The lowest BCUT2D eigenvalue weighted by atomic mass is 9.94. The Bertz CT molecular complexity index is 922. The van der Waals surface area contributed by atoms with Crippen LogP contribution in [0.1, 0.15) is 34.1 Å². The van der Waals surface area contributed by atoms with E-state index in [0.717, 1.165) is 24.4 Å². The average Bonchev–Trinajstić information content (AvgIpc) is 2.96. The van der Waals surface area contributed by atoms with Crippen molar-refractivity contribution in [2.75, 3.05) is 0 Å². The van der Waals surface area contributed by atoms with E-state index in [1.165, 1.54) is 11.1 Å². The van der Waals surface area contributed by atoms with Gasteiger partial charge in [0.2, 0.25) is 0 Å². The molecular formula is C17H18N4O. The van der Waals surface area contributed by atoms with Crippen molar-refractivity contribution in [1.29, 1.82) is 0 Å². The molecule has 0 bridgehead atoms. The number of nitrogens with zero attached hydrogens (tertiary/aromatic N) is 2. The molecule has 0 aliphatic carbocycles. The molecular weight excluding hydrogens is 276 g/mol. The van der Waals surface area contributed by atoms with E-state index in [2.05, 4.69) is 39.7 Å². The first-order valence-electron chi connectivity index (χ1n) is 7.52. The van der Waals surface area contributed by atoms with Crippen molar-refractivity contribution in [2.45, 2.75) is 32.9 Å². The third-order valence-corrected chi connectivity index (χ3v) is 4.56. The second-order valence-corrected chi connectivity index (χ2v) is 5.94. The summed E-state index contributed by atoms with van der Waals surface area (Å²) in [5, 5.41) is 6.74. The lowest BCUT2D eigenvalue weighted by Crippen LogP contribution is -2.29. The molecule has 0 amide bonds. The average molecular weight is 294 g/mol. The molecule has 22 heavy (non-hydrogen) atoms. The van der Waals surface area contributed by atoms with Gasteiger partial charge in [0.05, 0.1) is 11.7 Å². The van der Waals surface area contributed by atoms with E-state index >= 15 is 0 Å². The van der Waals surface area contributed by atoms with Crippen LogP contribution in [-0.2, 0) is 13.0 Å². The maximum atomic E-state index is 12.3. The molecule has 1 aliphatic heterocycles. The minimum Gasteiger partial charge on any atom is -0.304 e. The zero-order chi connectivity index (χ0) is 15.3. The van der Waals surface area contributed by atoms with Crippen molar-refractivity contribution in [2.24, 2.45) is 0 Å². The lowest BCUT2D eigenvalue weighted by Gasteiger charge is -2.25. The van der Waals surface area contributed by atoms with Gasteiger partial charge in [-0.15, -0.1) is 0 Å². The summed E-state index contributed by atoms with van der Waals surface area (Å²) in [6.07, 6.45) is 0.912. The van der Waals surface area contributed by atoms with Crippen molar-refractivity contribution < 1.29 is 0 Å². The molecule has 0 unspecified atom stereocenters. The monoisotopic (exact) mass is 294 g/mol. The van der Waals surface area contributed by atoms with E-state index in [1.807, 2.05) is 19.9 Å². The van der Waals surface area contributed by atoms with Crippen LogP contribution in [0.25, 0.3) is 5.65 Å². The molecule has 3 aromatic rings.